The Balaban J connectivity index is 2.41. The number of hydrogen-bond donors (Lipinski definition) is 2. The first-order valence-corrected chi connectivity index (χ1v) is 11.0. The lowest BCUT2D eigenvalue weighted by Crippen LogP contribution is -2.33. The van der Waals surface area contributed by atoms with Crippen molar-refractivity contribution in [2.75, 3.05) is 50.0 Å². The summed E-state index contributed by atoms with van der Waals surface area (Å²) in [5, 5.41) is 9.32. The second-order valence-corrected chi connectivity index (χ2v) is 8.48. The number of carboxylic acids is 1. The van der Waals surface area contributed by atoms with Crippen molar-refractivity contribution >= 4 is 27.5 Å². The molecule has 1 aromatic heterocycles. The third-order valence-corrected chi connectivity index (χ3v) is 5.68. The Hall–Kier alpha value is -2.85. The molecule has 0 bridgehead atoms. The van der Waals surface area contributed by atoms with Gasteiger partial charge in [0.05, 0.1) is 22.8 Å². The second-order valence-electron chi connectivity index (χ2n) is 6.79. The third-order valence-electron chi connectivity index (χ3n) is 4.30. The van der Waals surface area contributed by atoms with Crippen molar-refractivity contribution in [2.24, 2.45) is 0 Å². The number of nitrogens with one attached hydrogen (secondary N) is 1. The minimum Gasteiger partial charge on any atom is -0.494 e. The molecule has 0 unspecified atom stereocenters. The number of aromatic nitrogens is 1. The Kier molecular flexibility index (Phi) is 8.01. The zero-order valence-electron chi connectivity index (χ0n) is 17.6. The highest BCUT2D eigenvalue weighted by molar-refractivity contribution is 7.92. The molecule has 2 aromatic rings. The van der Waals surface area contributed by atoms with Gasteiger partial charge in [-0.2, -0.15) is 0 Å². The summed E-state index contributed by atoms with van der Waals surface area (Å²) in [5.74, 6) is -0.252. The molecule has 0 saturated carbocycles. The zero-order valence-corrected chi connectivity index (χ0v) is 18.4. The van der Waals surface area contributed by atoms with E-state index in [1.165, 1.54) is 24.4 Å². The van der Waals surface area contributed by atoms with Gasteiger partial charge in [-0.15, -0.1) is 0 Å². The topological polar surface area (TPSA) is 112 Å². The lowest BCUT2D eigenvalue weighted by molar-refractivity contribution is 0.0696. The van der Waals surface area contributed by atoms with E-state index in [0.717, 1.165) is 6.54 Å². The number of rotatable bonds is 11. The van der Waals surface area contributed by atoms with Gasteiger partial charge < -0.3 is 19.6 Å². The molecule has 0 aliphatic carbocycles. The maximum atomic E-state index is 12.9. The number of likely N-dealkylation sites (N-methyl/N-ethyl adjacent to an activating group) is 2. The predicted octanol–water partition coefficient (Wildman–Crippen LogP) is 2.37. The van der Waals surface area contributed by atoms with Crippen LogP contribution in [0.4, 0.5) is 11.5 Å². The van der Waals surface area contributed by atoms with E-state index >= 15 is 0 Å². The molecule has 0 aliphatic rings. The number of hydrogen-bond acceptors (Lipinski definition) is 7. The highest BCUT2D eigenvalue weighted by Crippen LogP contribution is 2.28. The van der Waals surface area contributed by atoms with Crippen LogP contribution in [0.2, 0.25) is 0 Å². The Bertz CT molecular complexity index is 962. The quantitative estimate of drug-likeness (QED) is 0.552. The largest absolute Gasteiger partial charge is 0.494 e. The molecule has 0 saturated heterocycles. The van der Waals surface area contributed by atoms with Crippen LogP contribution in [0.15, 0.2) is 41.4 Å². The Morgan fingerprint density at radius 3 is 2.37 bits per heavy atom. The minimum absolute atomic E-state index is 0.0361. The number of sulfonamides is 1. The lowest BCUT2D eigenvalue weighted by Gasteiger charge is -2.26. The van der Waals surface area contributed by atoms with Crippen LogP contribution in [0, 0.1) is 0 Å². The molecule has 0 aliphatic heterocycles. The number of carboxylic acid groups (broad SMARTS) is 1. The monoisotopic (exact) mass is 436 g/mol. The van der Waals surface area contributed by atoms with Crippen molar-refractivity contribution in [3.05, 3.63) is 42.1 Å². The molecular weight excluding hydrogens is 408 g/mol. The molecule has 0 radical (unpaired) electrons. The fourth-order valence-corrected chi connectivity index (χ4v) is 3.77. The minimum atomic E-state index is -3.96. The SMILES string of the molecule is CCOc1ccc(S(=O)(=O)Nc2cc(C(=O)O)cnc2N(CC)CCN(C)C)cc1. The summed E-state index contributed by atoms with van der Waals surface area (Å²) in [6, 6.07) is 7.30. The highest BCUT2D eigenvalue weighted by atomic mass is 32.2. The number of ether oxygens (including phenoxy) is 1. The van der Waals surface area contributed by atoms with Gasteiger partial charge >= 0.3 is 5.97 Å². The fourth-order valence-electron chi connectivity index (χ4n) is 2.72. The molecule has 10 heteroatoms. The summed E-state index contributed by atoms with van der Waals surface area (Å²) in [4.78, 5) is 19.6. The molecule has 30 heavy (non-hydrogen) atoms. The van der Waals surface area contributed by atoms with Crippen molar-refractivity contribution in [1.29, 1.82) is 0 Å². The number of aromatic carboxylic acids is 1. The standard InChI is InChI=1S/C20H28N4O5S/c1-5-24(12-11-23(3)4)19-18(13-15(14-21-19)20(25)26)22-30(27,28)17-9-7-16(8-10-17)29-6-2/h7-10,13-14,22H,5-6,11-12H2,1-4H3,(H,25,26). The van der Waals surface area contributed by atoms with Gasteiger partial charge in [0, 0.05) is 25.8 Å². The third kappa shape index (κ3) is 6.07. The van der Waals surface area contributed by atoms with Crippen molar-refractivity contribution in [2.45, 2.75) is 18.7 Å². The van der Waals surface area contributed by atoms with Gasteiger partial charge in [-0.1, -0.05) is 0 Å². The summed E-state index contributed by atoms with van der Waals surface area (Å²) in [6.07, 6.45) is 1.23. The van der Waals surface area contributed by atoms with E-state index < -0.39 is 16.0 Å². The van der Waals surface area contributed by atoms with E-state index in [2.05, 4.69) is 9.71 Å². The van der Waals surface area contributed by atoms with Crippen molar-refractivity contribution in [3.63, 3.8) is 0 Å². The number of nitrogens with zero attached hydrogens (tertiary/aromatic N) is 3. The Labute approximate surface area is 177 Å². The number of carbonyl (C=O) groups is 1. The van der Waals surface area contributed by atoms with E-state index in [0.29, 0.717) is 31.3 Å². The van der Waals surface area contributed by atoms with Gasteiger partial charge in [0.25, 0.3) is 10.0 Å². The van der Waals surface area contributed by atoms with Gasteiger partial charge in [0.1, 0.15) is 5.75 Å². The van der Waals surface area contributed by atoms with Crippen LogP contribution >= 0.6 is 0 Å². The molecule has 1 aromatic carbocycles. The van der Waals surface area contributed by atoms with Crippen LogP contribution in [-0.2, 0) is 10.0 Å². The molecule has 0 spiro atoms. The summed E-state index contributed by atoms with van der Waals surface area (Å²) in [6.45, 7) is 6.13. The molecule has 0 atom stereocenters. The van der Waals surface area contributed by atoms with E-state index in [1.807, 2.05) is 37.7 Å². The first-order chi connectivity index (χ1) is 14.2. The predicted molar refractivity (Wildman–Crippen MR) is 116 cm³/mol. The van der Waals surface area contributed by atoms with Crippen molar-refractivity contribution < 1.29 is 23.1 Å². The fraction of sp³-hybridized carbons (Fsp3) is 0.400. The molecule has 164 valence electrons. The van der Waals surface area contributed by atoms with Crippen LogP contribution < -0.4 is 14.4 Å². The van der Waals surface area contributed by atoms with Gasteiger partial charge in [0.2, 0.25) is 0 Å². The molecule has 2 N–H and O–H groups in total. The molecule has 0 fully saturated rings. The maximum Gasteiger partial charge on any atom is 0.337 e. The first-order valence-electron chi connectivity index (χ1n) is 9.56. The number of anilines is 2. The van der Waals surface area contributed by atoms with E-state index in [4.69, 9.17) is 4.74 Å². The van der Waals surface area contributed by atoms with Crippen LogP contribution in [0.1, 0.15) is 24.2 Å². The van der Waals surface area contributed by atoms with Gasteiger partial charge in [-0.05, 0) is 58.3 Å². The summed E-state index contributed by atoms with van der Waals surface area (Å²) < 4.78 is 33.7. The van der Waals surface area contributed by atoms with E-state index in [-0.39, 0.29) is 16.1 Å². The Morgan fingerprint density at radius 2 is 1.83 bits per heavy atom. The smallest absolute Gasteiger partial charge is 0.337 e. The van der Waals surface area contributed by atoms with Crippen LogP contribution in [0.5, 0.6) is 5.75 Å². The van der Waals surface area contributed by atoms with E-state index in [9.17, 15) is 18.3 Å². The molecular formula is C20H28N4O5S. The number of pyridine rings is 1. The van der Waals surface area contributed by atoms with Crippen molar-refractivity contribution in [3.8, 4) is 5.75 Å². The van der Waals surface area contributed by atoms with Crippen LogP contribution in [0.25, 0.3) is 0 Å². The van der Waals surface area contributed by atoms with Crippen molar-refractivity contribution in [1.82, 2.24) is 9.88 Å². The lowest BCUT2D eigenvalue weighted by atomic mass is 10.2. The highest BCUT2D eigenvalue weighted by Gasteiger charge is 2.21. The number of benzene rings is 1. The average Bonchev–Trinajstić information content (AvgIpc) is 2.69. The molecule has 0 amide bonds. The molecule has 2 rings (SSSR count). The average molecular weight is 437 g/mol. The zero-order chi connectivity index (χ0) is 22.3. The summed E-state index contributed by atoms with van der Waals surface area (Å²) in [7, 11) is -0.0889. The normalized spacial score (nSPS) is 11.4. The summed E-state index contributed by atoms with van der Waals surface area (Å²) in [5.41, 5.74) is 0.0104. The van der Waals surface area contributed by atoms with Crippen LogP contribution in [-0.4, -0.2) is 69.7 Å². The van der Waals surface area contributed by atoms with Gasteiger partial charge in [-0.25, -0.2) is 18.2 Å². The van der Waals surface area contributed by atoms with E-state index in [1.54, 1.807) is 12.1 Å². The molecule has 1 heterocycles. The van der Waals surface area contributed by atoms with Crippen LogP contribution in [0.3, 0.4) is 0 Å². The second kappa shape index (κ2) is 10.3. The molecule has 9 nitrogen and oxygen atoms in total. The Morgan fingerprint density at radius 1 is 1.17 bits per heavy atom. The summed E-state index contributed by atoms with van der Waals surface area (Å²) >= 11 is 0. The van der Waals surface area contributed by atoms with Gasteiger partial charge in [0.15, 0.2) is 5.82 Å². The van der Waals surface area contributed by atoms with Gasteiger partial charge in [-0.3, -0.25) is 4.72 Å². The first kappa shape index (κ1) is 23.4. The maximum absolute atomic E-state index is 12.9.